The normalized spacial score (nSPS) is 16.8. The van der Waals surface area contributed by atoms with Crippen LogP contribution in [0.3, 0.4) is 0 Å². The molecule has 0 saturated carbocycles. The van der Waals surface area contributed by atoms with Gasteiger partial charge in [0.15, 0.2) is 0 Å². The van der Waals surface area contributed by atoms with Gasteiger partial charge in [-0.15, -0.1) is 0 Å². The Morgan fingerprint density at radius 2 is 1.63 bits per heavy atom. The molecule has 134 valence electrons. The summed E-state index contributed by atoms with van der Waals surface area (Å²) in [6.45, 7) is 4.30. The molecule has 0 aliphatic carbocycles. The summed E-state index contributed by atoms with van der Waals surface area (Å²) in [7, 11) is 2.10. The first kappa shape index (κ1) is 15.9. The van der Waals surface area contributed by atoms with Crippen molar-refractivity contribution in [1.82, 2.24) is 14.5 Å². The van der Waals surface area contributed by atoms with Crippen molar-refractivity contribution >= 4 is 27.6 Å². The zero-order chi connectivity index (χ0) is 18.5. The second-order valence-electron chi connectivity index (χ2n) is 7.15. The van der Waals surface area contributed by atoms with Gasteiger partial charge in [-0.2, -0.15) is 0 Å². The monoisotopic (exact) mass is 354 g/mol. The third kappa shape index (κ3) is 2.33. The summed E-state index contributed by atoms with van der Waals surface area (Å²) in [6, 6.07) is 21.3. The van der Waals surface area contributed by atoms with E-state index >= 15 is 0 Å². The highest BCUT2D eigenvalue weighted by molar-refractivity contribution is 6.08. The molecule has 1 aliphatic heterocycles. The summed E-state index contributed by atoms with van der Waals surface area (Å²) in [4.78, 5) is 9.53. The van der Waals surface area contributed by atoms with Gasteiger partial charge in [-0.05, 0) is 38.1 Å². The fraction of sp³-hybridized carbons (Fsp3) is 0.174. The van der Waals surface area contributed by atoms with Crippen molar-refractivity contribution in [3.8, 4) is 5.69 Å². The first-order chi connectivity index (χ1) is 13.1. The Balaban J connectivity index is 1.84. The van der Waals surface area contributed by atoms with Crippen LogP contribution in [0.5, 0.6) is 0 Å². The Hall–Kier alpha value is -3.27. The fourth-order valence-corrected chi connectivity index (χ4v) is 3.97. The van der Waals surface area contributed by atoms with Crippen molar-refractivity contribution in [2.45, 2.75) is 20.0 Å². The Morgan fingerprint density at radius 1 is 0.889 bits per heavy atom. The van der Waals surface area contributed by atoms with Gasteiger partial charge in [-0.3, -0.25) is 0 Å². The van der Waals surface area contributed by atoms with Crippen LogP contribution in [0.4, 0.5) is 5.69 Å². The van der Waals surface area contributed by atoms with Gasteiger partial charge in [-0.25, -0.2) is 4.98 Å². The Morgan fingerprint density at radius 3 is 2.37 bits per heavy atom. The van der Waals surface area contributed by atoms with Crippen molar-refractivity contribution in [3.05, 3.63) is 78.8 Å². The predicted molar refractivity (Wildman–Crippen MR) is 112 cm³/mol. The van der Waals surface area contributed by atoms with E-state index in [-0.39, 0.29) is 6.17 Å². The molecule has 0 fully saturated rings. The van der Waals surface area contributed by atoms with Crippen LogP contribution >= 0.6 is 0 Å². The maximum Gasteiger partial charge on any atom is 0.102 e. The number of anilines is 1. The van der Waals surface area contributed by atoms with E-state index in [0.29, 0.717) is 0 Å². The lowest BCUT2D eigenvalue weighted by Gasteiger charge is -2.28. The van der Waals surface area contributed by atoms with Crippen LogP contribution < -0.4 is 4.90 Å². The van der Waals surface area contributed by atoms with Gasteiger partial charge in [0.1, 0.15) is 6.17 Å². The van der Waals surface area contributed by atoms with Crippen LogP contribution in [0.15, 0.2) is 73.1 Å². The van der Waals surface area contributed by atoms with Gasteiger partial charge in [0, 0.05) is 30.5 Å². The van der Waals surface area contributed by atoms with E-state index in [0.717, 1.165) is 28.1 Å². The van der Waals surface area contributed by atoms with Crippen molar-refractivity contribution < 1.29 is 0 Å². The lowest BCUT2D eigenvalue weighted by molar-refractivity contribution is 0.383. The topological polar surface area (TPSA) is 24.3 Å². The van der Waals surface area contributed by atoms with E-state index in [2.05, 4.69) is 108 Å². The van der Waals surface area contributed by atoms with Gasteiger partial charge in [0.05, 0.1) is 27.9 Å². The van der Waals surface area contributed by atoms with Gasteiger partial charge in [-0.1, -0.05) is 36.4 Å². The molecule has 1 unspecified atom stereocenters. The number of rotatable bonds is 2. The van der Waals surface area contributed by atoms with E-state index in [1.54, 1.807) is 0 Å². The predicted octanol–water partition coefficient (Wildman–Crippen LogP) is 5.06. The van der Waals surface area contributed by atoms with Crippen LogP contribution in [0.2, 0.25) is 0 Å². The average Bonchev–Trinajstić information content (AvgIpc) is 3.19. The number of aryl methyl sites for hydroxylation is 1. The number of benzene rings is 2. The number of nitrogens with zero attached hydrogens (tertiary/aromatic N) is 4. The largest absolute Gasteiger partial charge is 0.359 e. The maximum absolute atomic E-state index is 5.04. The molecule has 4 heteroatoms. The Bertz CT molecular complexity index is 1170. The van der Waals surface area contributed by atoms with Crippen LogP contribution in [0, 0.1) is 6.92 Å². The quantitative estimate of drug-likeness (QED) is 0.503. The highest BCUT2D eigenvalue weighted by atomic mass is 15.4. The standard InChI is InChI=1S/C23H22N4/c1-16-21(26-14-13-25(3)17(26)2)15-22-23(24-16)19-11-7-8-12-20(19)27(22)18-9-5-4-6-10-18/h4-15,17H,1-3H3. The van der Waals surface area contributed by atoms with E-state index in [9.17, 15) is 0 Å². The average molecular weight is 354 g/mol. The molecule has 3 heterocycles. The first-order valence-electron chi connectivity index (χ1n) is 9.30. The van der Waals surface area contributed by atoms with Crippen molar-refractivity contribution in [2.24, 2.45) is 0 Å². The second-order valence-corrected chi connectivity index (χ2v) is 7.15. The minimum Gasteiger partial charge on any atom is -0.359 e. The minimum absolute atomic E-state index is 0.275. The third-order valence-corrected chi connectivity index (χ3v) is 5.55. The lowest BCUT2D eigenvalue weighted by atomic mass is 10.2. The summed E-state index contributed by atoms with van der Waals surface area (Å²) >= 11 is 0. The smallest absolute Gasteiger partial charge is 0.102 e. The number of aromatic nitrogens is 2. The molecular weight excluding hydrogens is 332 g/mol. The minimum atomic E-state index is 0.275. The van der Waals surface area contributed by atoms with Gasteiger partial charge >= 0.3 is 0 Å². The van der Waals surface area contributed by atoms with Crippen LogP contribution in [0.1, 0.15) is 12.6 Å². The molecule has 0 N–H and O–H groups in total. The van der Waals surface area contributed by atoms with E-state index in [1.165, 1.54) is 10.9 Å². The lowest BCUT2D eigenvalue weighted by Crippen LogP contribution is -2.33. The van der Waals surface area contributed by atoms with Crippen LogP contribution in [-0.4, -0.2) is 27.7 Å². The summed E-state index contributed by atoms with van der Waals surface area (Å²) in [5.74, 6) is 0. The third-order valence-electron chi connectivity index (χ3n) is 5.55. The van der Waals surface area contributed by atoms with Crippen molar-refractivity contribution in [2.75, 3.05) is 11.9 Å². The summed E-state index contributed by atoms with van der Waals surface area (Å²) in [5, 5.41) is 1.19. The summed E-state index contributed by atoms with van der Waals surface area (Å²) in [5.41, 5.74) is 6.73. The first-order valence-corrected chi connectivity index (χ1v) is 9.30. The van der Waals surface area contributed by atoms with E-state index < -0.39 is 0 Å². The number of hydrogen-bond acceptors (Lipinski definition) is 3. The Labute approximate surface area is 159 Å². The fourth-order valence-electron chi connectivity index (χ4n) is 3.97. The number of fused-ring (bicyclic) bond motifs is 3. The second kappa shape index (κ2) is 5.88. The molecule has 1 atom stereocenters. The molecule has 2 aromatic heterocycles. The number of para-hydroxylation sites is 2. The molecule has 0 saturated heterocycles. The molecule has 4 nitrogen and oxygen atoms in total. The molecule has 0 spiro atoms. The molecule has 0 bridgehead atoms. The van der Waals surface area contributed by atoms with Crippen molar-refractivity contribution in [3.63, 3.8) is 0 Å². The molecule has 2 aromatic carbocycles. The highest BCUT2D eigenvalue weighted by Gasteiger charge is 2.24. The highest BCUT2D eigenvalue weighted by Crippen LogP contribution is 2.35. The zero-order valence-electron chi connectivity index (χ0n) is 15.8. The molecule has 4 aromatic rings. The number of pyridine rings is 1. The molecule has 0 radical (unpaired) electrons. The SMILES string of the molecule is Cc1nc2c3ccccc3n(-c3ccccc3)c2cc1N1C=CN(C)C1C. The van der Waals surface area contributed by atoms with Gasteiger partial charge < -0.3 is 14.4 Å². The maximum atomic E-state index is 5.04. The Kier molecular flexibility index (Phi) is 3.47. The zero-order valence-corrected chi connectivity index (χ0v) is 15.8. The molecule has 5 rings (SSSR count). The molecule has 0 amide bonds. The van der Waals surface area contributed by atoms with E-state index in [1.807, 2.05) is 0 Å². The van der Waals surface area contributed by atoms with Gasteiger partial charge in [0.25, 0.3) is 0 Å². The summed E-state index contributed by atoms with van der Waals surface area (Å²) < 4.78 is 2.31. The van der Waals surface area contributed by atoms with Crippen molar-refractivity contribution in [1.29, 1.82) is 0 Å². The van der Waals surface area contributed by atoms with E-state index in [4.69, 9.17) is 4.98 Å². The number of hydrogen-bond donors (Lipinski definition) is 0. The molecule has 27 heavy (non-hydrogen) atoms. The summed E-state index contributed by atoms with van der Waals surface area (Å²) in [6.07, 6.45) is 4.52. The van der Waals surface area contributed by atoms with Crippen LogP contribution in [-0.2, 0) is 0 Å². The molecule has 1 aliphatic rings. The van der Waals surface area contributed by atoms with Gasteiger partial charge in [0.2, 0.25) is 0 Å². The van der Waals surface area contributed by atoms with Crippen LogP contribution in [0.25, 0.3) is 27.6 Å². The molecular formula is C23H22N4.